The maximum absolute atomic E-state index is 14.4. The number of ether oxygens (including phenoxy) is 2. The molecule has 0 aliphatic carbocycles. The molecule has 2 aromatic rings. The van der Waals surface area contributed by atoms with Crippen LogP contribution in [-0.4, -0.2) is 52.7 Å². The molecule has 1 aromatic carbocycles. The van der Waals surface area contributed by atoms with Crippen LogP contribution in [0.3, 0.4) is 0 Å². The highest BCUT2D eigenvalue weighted by molar-refractivity contribution is 5.95. The van der Waals surface area contributed by atoms with E-state index in [2.05, 4.69) is 10.3 Å². The average molecular weight is 490 g/mol. The molecule has 1 unspecified atom stereocenters. The van der Waals surface area contributed by atoms with Crippen molar-refractivity contribution in [2.24, 2.45) is 5.92 Å². The van der Waals surface area contributed by atoms with Crippen molar-refractivity contribution < 1.29 is 46.4 Å². The summed E-state index contributed by atoms with van der Waals surface area (Å²) in [5.74, 6) is -6.98. The molecule has 0 saturated carbocycles. The normalized spacial score (nSPS) is 25.8. The first-order chi connectivity index (χ1) is 15.9. The molecule has 1 aromatic heterocycles. The number of hydrogen-bond acceptors (Lipinski definition) is 6. The van der Waals surface area contributed by atoms with Crippen LogP contribution >= 0.6 is 0 Å². The smallest absolute Gasteiger partial charge is 0.417 e. The Hall–Kier alpha value is -2.83. The molecular formula is C22H23F5N2O5. The van der Waals surface area contributed by atoms with Crippen molar-refractivity contribution in [3.8, 4) is 5.75 Å². The Balaban J connectivity index is 2.01. The first-order valence-corrected chi connectivity index (χ1v) is 10.2. The number of aliphatic hydroxyl groups is 2. The molecule has 1 amide bonds. The van der Waals surface area contributed by atoms with Gasteiger partial charge in [0.1, 0.15) is 12.2 Å². The van der Waals surface area contributed by atoms with Crippen LogP contribution in [0.2, 0.25) is 0 Å². The third-order valence-electron chi connectivity index (χ3n) is 6.14. The number of hydrogen-bond donors (Lipinski definition) is 3. The van der Waals surface area contributed by atoms with Crippen molar-refractivity contribution >= 4 is 11.6 Å². The third-order valence-corrected chi connectivity index (χ3v) is 6.14. The van der Waals surface area contributed by atoms with Gasteiger partial charge in [-0.25, -0.2) is 4.39 Å². The van der Waals surface area contributed by atoms with Crippen LogP contribution in [0.5, 0.6) is 5.75 Å². The molecule has 0 bridgehead atoms. The predicted molar refractivity (Wildman–Crippen MR) is 109 cm³/mol. The lowest BCUT2D eigenvalue weighted by molar-refractivity contribution is -0.272. The van der Waals surface area contributed by atoms with Gasteiger partial charge in [-0.2, -0.15) is 17.6 Å². The van der Waals surface area contributed by atoms with Gasteiger partial charge >= 0.3 is 6.18 Å². The quantitative estimate of drug-likeness (QED) is 0.537. The maximum atomic E-state index is 14.4. The van der Waals surface area contributed by atoms with E-state index in [0.717, 1.165) is 32.4 Å². The van der Waals surface area contributed by atoms with Crippen LogP contribution in [0.1, 0.15) is 37.1 Å². The van der Waals surface area contributed by atoms with Crippen LogP contribution in [0.15, 0.2) is 30.5 Å². The standard InChI is InChI=1S/C22H23F5N2O5/c1-10-16(12-5-6-13(23)17(24)18(12)33-3)19(34-21(10,2)22(25,26)27)20(32)29-11-4-7-14(28-8-11)15(31)9-30/h4-8,10,15-16,19,30-31H,9H2,1-3H3,(H,29,32)/t10-,15-,16-,19?,21+/m0/s1. The van der Waals surface area contributed by atoms with Crippen LogP contribution in [0.25, 0.3) is 0 Å². The molecule has 0 radical (unpaired) electrons. The van der Waals surface area contributed by atoms with E-state index >= 15 is 0 Å². The van der Waals surface area contributed by atoms with Gasteiger partial charge in [0.05, 0.1) is 31.3 Å². The summed E-state index contributed by atoms with van der Waals surface area (Å²) in [6, 6.07) is 4.45. The van der Waals surface area contributed by atoms with Crippen molar-refractivity contribution in [1.82, 2.24) is 4.98 Å². The minimum atomic E-state index is -4.88. The van der Waals surface area contributed by atoms with Gasteiger partial charge in [0, 0.05) is 17.4 Å². The number of anilines is 1. The topological polar surface area (TPSA) is 101 Å². The molecule has 186 valence electrons. The zero-order valence-corrected chi connectivity index (χ0v) is 18.4. The number of methoxy groups -OCH3 is 1. The summed E-state index contributed by atoms with van der Waals surface area (Å²) < 4.78 is 80.2. The van der Waals surface area contributed by atoms with Crippen molar-refractivity contribution in [2.45, 2.75) is 43.8 Å². The molecule has 0 spiro atoms. The number of benzene rings is 1. The number of carbonyl (C=O) groups excluding carboxylic acids is 1. The van der Waals surface area contributed by atoms with Gasteiger partial charge in [-0.1, -0.05) is 13.0 Å². The molecule has 1 saturated heterocycles. The predicted octanol–water partition coefficient (Wildman–Crippen LogP) is 3.47. The molecule has 7 nitrogen and oxygen atoms in total. The maximum Gasteiger partial charge on any atom is 0.417 e. The van der Waals surface area contributed by atoms with Crippen LogP contribution in [0.4, 0.5) is 27.6 Å². The Morgan fingerprint density at radius 2 is 1.97 bits per heavy atom. The summed E-state index contributed by atoms with van der Waals surface area (Å²) in [4.78, 5) is 16.9. The van der Waals surface area contributed by atoms with Crippen molar-refractivity contribution in [3.05, 3.63) is 53.4 Å². The van der Waals surface area contributed by atoms with Gasteiger partial charge in [-0.3, -0.25) is 9.78 Å². The average Bonchev–Trinajstić information content (AvgIpc) is 3.07. The van der Waals surface area contributed by atoms with E-state index in [9.17, 15) is 31.9 Å². The van der Waals surface area contributed by atoms with Crippen molar-refractivity contribution in [1.29, 1.82) is 0 Å². The Labute approximate surface area is 191 Å². The molecule has 1 fully saturated rings. The third kappa shape index (κ3) is 4.44. The number of pyridine rings is 1. The van der Waals surface area contributed by atoms with Gasteiger partial charge < -0.3 is 25.0 Å². The molecule has 2 heterocycles. The second-order valence-electron chi connectivity index (χ2n) is 8.10. The van der Waals surface area contributed by atoms with Crippen LogP contribution < -0.4 is 10.1 Å². The number of rotatable bonds is 6. The number of aliphatic hydroxyl groups excluding tert-OH is 2. The van der Waals surface area contributed by atoms with E-state index < -0.39 is 65.7 Å². The summed E-state index contributed by atoms with van der Waals surface area (Å²) in [7, 11) is 1.04. The molecule has 1 aliphatic heterocycles. The van der Waals surface area contributed by atoms with E-state index in [1.165, 1.54) is 19.1 Å². The highest BCUT2D eigenvalue weighted by Crippen LogP contribution is 2.55. The first kappa shape index (κ1) is 25.8. The number of alkyl halides is 3. The summed E-state index contributed by atoms with van der Waals surface area (Å²) in [6.45, 7) is 1.41. The van der Waals surface area contributed by atoms with Gasteiger partial charge in [0.15, 0.2) is 17.2 Å². The second-order valence-corrected chi connectivity index (χ2v) is 8.10. The fourth-order valence-electron chi connectivity index (χ4n) is 4.02. The lowest BCUT2D eigenvalue weighted by Gasteiger charge is -2.32. The van der Waals surface area contributed by atoms with Gasteiger partial charge in [0.25, 0.3) is 5.91 Å². The number of nitrogens with zero attached hydrogens (tertiary/aromatic N) is 1. The highest BCUT2D eigenvalue weighted by Gasteiger charge is 2.65. The van der Waals surface area contributed by atoms with E-state index in [1.54, 1.807) is 0 Å². The van der Waals surface area contributed by atoms with Crippen LogP contribution in [0, 0.1) is 17.6 Å². The fraction of sp³-hybridized carbons (Fsp3) is 0.455. The lowest BCUT2D eigenvalue weighted by atomic mass is 9.77. The van der Waals surface area contributed by atoms with Crippen LogP contribution in [-0.2, 0) is 9.53 Å². The van der Waals surface area contributed by atoms with E-state index in [0.29, 0.717) is 0 Å². The largest absolute Gasteiger partial charge is 0.493 e. The Morgan fingerprint density at radius 3 is 2.50 bits per heavy atom. The van der Waals surface area contributed by atoms with Gasteiger partial charge in [0.2, 0.25) is 5.82 Å². The number of halogens is 5. The van der Waals surface area contributed by atoms with Crippen molar-refractivity contribution in [2.75, 3.05) is 19.0 Å². The summed E-state index contributed by atoms with van der Waals surface area (Å²) in [5.41, 5.74) is -2.74. The zero-order chi connectivity index (χ0) is 25.4. The minimum absolute atomic E-state index is 0.0757. The van der Waals surface area contributed by atoms with Gasteiger partial charge in [-0.15, -0.1) is 0 Å². The first-order valence-electron chi connectivity index (χ1n) is 10.2. The summed E-state index contributed by atoms with van der Waals surface area (Å²) >= 11 is 0. The minimum Gasteiger partial charge on any atom is -0.493 e. The number of amides is 1. The molecule has 3 N–H and O–H groups in total. The molecule has 34 heavy (non-hydrogen) atoms. The van der Waals surface area contributed by atoms with Gasteiger partial charge in [-0.05, 0) is 25.1 Å². The summed E-state index contributed by atoms with van der Waals surface area (Å²) in [5, 5.41) is 21.0. The Kier molecular flexibility index (Phi) is 7.15. The zero-order valence-electron chi connectivity index (χ0n) is 18.4. The SMILES string of the molecule is COc1c([C@H]2C(C(=O)Nc3ccc([C@@H](O)CO)nc3)O[C@@](C)(C(F)(F)F)[C@H]2C)ccc(F)c1F. The summed E-state index contributed by atoms with van der Waals surface area (Å²) in [6.07, 6.45) is -6.74. The van der Waals surface area contributed by atoms with Crippen molar-refractivity contribution in [3.63, 3.8) is 0 Å². The molecule has 12 heteroatoms. The Bertz CT molecular complexity index is 1050. The number of nitrogens with one attached hydrogen (secondary N) is 1. The Morgan fingerprint density at radius 1 is 1.29 bits per heavy atom. The molecule has 3 rings (SSSR count). The second kappa shape index (κ2) is 9.43. The number of aromatic nitrogens is 1. The monoisotopic (exact) mass is 490 g/mol. The van der Waals surface area contributed by atoms with E-state index in [4.69, 9.17) is 14.6 Å². The molecule has 1 aliphatic rings. The molecule has 5 atom stereocenters. The number of carbonyl (C=O) groups is 1. The lowest BCUT2D eigenvalue weighted by Crippen LogP contribution is -2.47. The van der Waals surface area contributed by atoms with E-state index in [-0.39, 0.29) is 16.9 Å². The highest BCUT2D eigenvalue weighted by atomic mass is 19.4. The fourth-order valence-corrected chi connectivity index (χ4v) is 4.02. The molecular weight excluding hydrogens is 467 g/mol. The van der Waals surface area contributed by atoms with E-state index in [1.807, 2.05) is 0 Å².